The van der Waals surface area contributed by atoms with E-state index in [1.807, 2.05) is 0 Å². The number of benzene rings is 3. The van der Waals surface area contributed by atoms with E-state index >= 15 is 0 Å². The number of aryl methyl sites for hydroxylation is 2. The first-order chi connectivity index (χ1) is 16.8. The molecular weight excluding hydrogens is 424 g/mol. The summed E-state index contributed by atoms with van der Waals surface area (Å²) in [6.45, 7) is 13.7. The molecule has 1 aromatic heterocycles. The Hall–Kier alpha value is -3.65. The lowest BCUT2D eigenvalue weighted by atomic mass is 9.64. The summed E-state index contributed by atoms with van der Waals surface area (Å²) in [4.78, 5) is 5.15. The maximum atomic E-state index is 5.15. The minimum atomic E-state index is -0.241. The van der Waals surface area contributed by atoms with Gasteiger partial charge < -0.3 is 0 Å². The second-order valence-corrected chi connectivity index (χ2v) is 10.5. The van der Waals surface area contributed by atoms with Crippen LogP contribution in [0.3, 0.4) is 0 Å². The van der Waals surface area contributed by atoms with Crippen molar-refractivity contribution in [3.05, 3.63) is 113 Å². The Bertz CT molecular complexity index is 1520. The van der Waals surface area contributed by atoms with E-state index in [9.17, 15) is 0 Å². The number of para-hydroxylation sites is 1. The molecule has 0 spiro atoms. The molecule has 1 aliphatic carbocycles. The highest BCUT2D eigenvalue weighted by Crippen LogP contribution is 2.54. The fourth-order valence-electron chi connectivity index (χ4n) is 6.31. The molecule has 2 heteroatoms. The van der Waals surface area contributed by atoms with Gasteiger partial charge in [0.25, 0.3) is 0 Å². The van der Waals surface area contributed by atoms with Crippen LogP contribution in [0.1, 0.15) is 50.2 Å². The van der Waals surface area contributed by atoms with Crippen LogP contribution in [0.25, 0.3) is 33.6 Å². The summed E-state index contributed by atoms with van der Waals surface area (Å²) in [5, 5.41) is 0. The number of imidazole rings is 1. The predicted octanol–water partition coefficient (Wildman–Crippen LogP) is 8.46. The van der Waals surface area contributed by atoms with Crippen molar-refractivity contribution in [2.24, 2.45) is 5.92 Å². The van der Waals surface area contributed by atoms with Gasteiger partial charge in [0.15, 0.2) is 0 Å². The number of aromatic nitrogens is 2. The summed E-state index contributed by atoms with van der Waals surface area (Å²) < 4.78 is 2.43. The van der Waals surface area contributed by atoms with Crippen LogP contribution in [0.2, 0.25) is 0 Å². The quantitative estimate of drug-likeness (QED) is 0.277. The summed E-state index contributed by atoms with van der Waals surface area (Å²) >= 11 is 0. The number of fused-ring (bicyclic) bond motifs is 6. The molecule has 35 heavy (non-hydrogen) atoms. The highest BCUT2D eigenvalue weighted by Gasteiger charge is 2.46. The molecule has 2 nitrogen and oxygen atoms in total. The summed E-state index contributed by atoms with van der Waals surface area (Å²) in [6.07, 6.45) is 4.56. The topological polar surface area (TPSA) is 17.8 Å². The smallest absolute Gasteiger partial charge is 0.128 e. The van der Waals surface area contributed by atoms with E-state index in [1.165, 1.54) is 61.5 Å². The molecule has 174 valence electrons. The van der Waals surface area contributed by atoms with Crippen molar-refractivity contribution in [3.8, 4) is 28.1 Å². The fourth-order valence-corrected chi connectivity index (χ4v) is 6.31. The van der Waals surface area contributed by atoms with Gasteiger partial charge >= 0.3 is 0 Å². The van der Waals surface area contributed by atoms with Crippen molar-refractivity contribution in [1.29, 1.82) is 0 Å². The molecule has 3 aromatic carbocycles. The van der Waals surface area contributed by atoms with E-state index in [1.54, 1.807) is 0 Å². The number of hydrogen-bond acceptors (Lipinski definition) is 1. The van der Waals surface area contributed by atoms with Gasteiger partial charge in [-0.3, -0.25) is 4.57 Å². The van der Waals surface area contributed by atoms with Crippen LogP contribution in [0, 0.1) is 19.8 Å². The molecule has 0 amide bonds. The molecule has 6 rings (SSSR count). The van der Waals surface area contributed by atoms with Crippen LogP contribution >= 0.6 is 0 Å². The van der Waals surface area contributed by atoms with Crippen LogP contribution in [0.15, 0.2) is 90.1 Å². The average Bonchev–Trinajstić information content (AvgIpc) is 3.30. The Morgan fingerprint density at radius 1 is 0.829 bits per heavy atom. The monoisotopic (exact) mass is 456 g/mol. The molecule has 4 aromatic rings. The van der Waals surface area contributed by atoms with Gasteiger partial charge in [0.1, 0.15) is 5.82 Å². The molecule has 0 saturated heterocycles. The molecule has 2 heterocycles. The van der Waals surface area contributed by atoms with Gasteiger partial charge in [-0.25, -0.2) is 4.98 Å². The lowest BCUT2D eigenvalue weighted by molar-refractivity contribution is 0.597. The number of hydrogen-bond donors (Lipinski definition) is 0. The Balaban J connectivity index is 1.62. The first-order valence-electron chi connectivity index (χ1n) is 12.6. The molecule has 0 N–H and O–H groups in total. The van der Waals surface area contributed by atoms with Gasteiger partial charge in [-0.05, 0) is 74.4 Å². The highest BCUT2D eigenvalue weighted by molar-refractivity contribution is 5.88. The zero-order chi connectivity index (χ0) is 24.5. The van der Waals surface area contributed by atoms with Crippen molar-refractivity contribution >= 4 is 5.57 Å². The van der Waals surface area contributed by atoms with Crippen molar-refractivity contribution in [2.75, 3.05) is 0 Å². The van der Waals surface area contributed by atoms with Crippen LogP contribution in [0.5, 0.6) is 0 Å². The first-order valence-corrected chi connectivity index (χ1v) is 12.6. The van der Waals surface area contributed by atoms with Gasteiger partial charge in [0.2, 0.25) is 0 Å². The van der Waals surface area contributed by atoms with Crippen molar-refractivity contribution in [3.63, 3.8) is 0 Å². The zero-order valence-corrected chi connectivity index (χ0v) is 21.5. The van der Waals surface area contributed by atoms with E-state index in [2.05, 4.69) is 125 Å². The number of allylic oxidation sites excluding steroid dienone is 4. The van der Waals surface area contributed by atoms with Crippen LogP contribution in [-0.2, 0) is 5.41 Å². The molecule has 0 bridgehead atoms. The van der Waals surface area contributed by atoms with E-state index in [0.717, 1.165) is 5.82 Å². The van der Waals surface area contributed by atoms with Gasteiger partial charge in [-0.1, -0.05) is 84.8 Å². The van der Waals surface area contributed by atoms with Gasteiger partial charge in [-0.15, -0.1) is 0 Å². The van der Waals surface area contributed by atoms with Crippen molar-refractivity contribution in [1.82, 2.24) is 9.55 Å². The maximum absolute atomic E-state index is 5.15. The Morgan fingerprint density at radius 2 is 1.49 bits per heavy atom. The molecule has 1 aliphatic heterocycles. The average molecular weight is 457 g/mol. The normalized spacial score (nSPS) is 20.7. The third kappa shape index (κ3) is 2.99. The van der Waals surface area contributed by atoms with Crippen LogP contribution in [-0.4, -0.2) is 9.55 Å². The maximum Gasteiger partial charge on any atom is 0.128 e. The van der Waals surface area contributed by atoms with Crippen molar-refractivity contribution in [2.45, 2.75) is 47.0 Å². The van der Waals surface area contributed by atoms with E-state index in [0.29, 0.717) is 5.92 Å². The van der Waals surface area contributed by atoms with E-state index in [-0.39, 0.29) is 5.41 Å². The standard InChI is InChI=1S/C33H32N2/c1-20-18-28-27-14-10-11-15-29(27)35-30(19-34-32(35)33(28,6)24(5)23(20)4)31-21(2)16-26(17-22(31)3)25-12-8-7-9-13-25/h7-20H,1-6H3. The van der Waals surface area contributed by atoms with Crippen molar-refractivity contribution < 1.29 is 0 Å². The molecule has 2 atom stereocenters. The Kier molecular flexibility index (Phi) is 4.79. The second kappa shape index (κ2) is 7.68. The summed E-state index contributed by atoms with van der Waals surface area (Å²) in [7, 11) is 0. The highest BCUT2D eigenvalue weighted by atomic mass is 15.1. The second-order valence-electron chi connectivity index (χ2n) is 10.5. The van der Waals surface area contributed by atoms with Crippen LogP contribution in [0.4, 0.5) is 0 Å². The van der Waals surface area contributed by atoms with E-state index in [4.69, 9.17) is 4.98 Å². The minimum Gasteiger partial charge on any atom is -0.295 e. The van der Waals surface area contributed by atoms with Gasteiger partial charge in [0.05, 0.1) is 23.0 Å². The molecule has 2 aliphatic rings. The lowest BCUT2D eigenvalue weighted by Crippen LogP contribution is -2.37. The largest absolute Gasteiger partial charge is 0.295 e. The molecule has 0 fully saturated rings. The summed E-state index contributed by atoms with van der Waals surface area (Å²) in [5.41, 5.74) is 14.1. The summed E-state index contributed by atoms with van der Waals surface area (Å²) in [5.74, 6) is 1.55. The number of rotatable bonds is 2. The Labute approximate surface area is 208 Å². The van der Waals surface area contributed by atoms with Gasteiger partial charge in [0, 0.05) is 11.1 Å². The third-order valence-corrected chi connectivity index (χ3v) is 8.52. The lowest BCUT2D eigenvalue weighted by Gasteiger charge is -2.43. The molecule has 0 radical (unpaired) electrons. The zero-order valence-electron chi connectivity index (χ0n) is 21.5. The van der Waals surface area contributed by atoms with Gasteiger partial charge in [-0.2, -0.15) is 0 Å². The SMILES string of the molecule is CC1=C(C)C2(C)C(=CC1C)c1ccccc1-n1c(-c3c(C)cc(-c4ccccc4)cc3C)cnc12. The minimum absolute atomic E-state index is 0.241. The Morgan fingerprint density at radius 3 is 2.20 bits per heavy atom. The summed E-state index contributed by atoms with van der Waals surface area (Å²) in [6, 6.07) is 24.1. The van der Waals surface area contributed by atoms with E-state index < -0.39 is 0 Å². The molecule has 2 unspecified atom stereocenters. The number of nitrogens with zero attached hydrogens (tertiary/aromatic N) is 2. The third-order valence-electron chi connectivity index (χ3n) is 8.52. The predicted molar refractivity (Wildman–Crippen MR) is 147 cm³/mol. The fraction of sp³-hybridized carbons (Fsp3) is 0.242. The molecule has 0 saturated carbocycles. The molecular formula is C33H32N2. The van der Waals surface area contributed by atoms with Crippen LogP contribution < -0.4 is 0 Å². The first kappa shape index (κ1) is 21.9.